The average molecular weight is 290 g/mol. The van der Waals surface area contributed by atoms with Crippen LogP contribution in [0.4, 0.5) is 0 Å². The summed E-state index contributed by atoms with van der Waals surface area (Å²) in [6.07, 6.45) is 2.32. The van der Waals surface area contributed by atoms with Gasteiger partial charge in [0.1, 0.15) is 0 Å². The van der Waals surface area contributed by atoms with Gasteiger partial charge in [-0.15, -0.1) is 0 Å². The van der Waals surface area contributed by atoms with E-state index in [4.69, 9.17) is 0 Å². The lowest BCUT2D eigenvalue weighted by Gasteiger charge is -2.37. The number of nitrogens with zero attached hydrogens (tertiary/aromatic N) is 1. The minimum Gasteiger partial charge on any atom is -0.312 e. The minimum absolute atomic E-state index is 0.243. The first-order valence-corrected chi connectivity index (χ1v) is 8.27. The summed E-state index contributed by atoms with van der Waals surface area (Å²) in [5, 5.41) is 3.46. The molecule has 0 amide bonds. The lowest BCUT2D eigenvalue weighted by atomic mass is 9.96. The van der Waals surface area contributed by atoms with Crippen LogP contribution < -0.4 is 5.32 Å². The van der Waals surface area contributed by atoms with Crippen LogP contribution in [0.5, 0.6) is 0 Å². The second kappa shape index (κ2) is 7.95. The van der Waals surface area contributed by atoms with E-state index in [1.807, 2.05) is 0 Å². The van der Waals surface area contributed by atoms with Gasteiger partial charge in [0.15, 0.2) is 0 Å². The second-order valence-electron chi connectivity index (χ2n) is 7.23. The Bertz CT molecular complexity index is 406. The molecule has 1 unspecified atom stereocenters. The Kier molecular flexibility index (Phi) is 6.89. The largest absolute Gasteiger partial charge is 0.312 e. The molecular formula is C19H34N2. The van der Waals surface area contributed by atoms with Gasteiger partial charge in [-0.05, 0) is 57.8 Å². The van der Waals surface area contributed by atoms with Gasteiger partial charge in [-0.1, -0.05) is 45.0 Å². The highest BCUT2D eigenvalue weighted by molar-refractivity contribution is 5.25. The van der Waals surface area contributed by atoms with E-state index < -0.39 is 0 Å². The fourth-order valence-electron chi connectivity index (χ4n) is 2.51. The molecular weight excluding hydrogens is 256 g/mol. The molecule has 2 heteroatoms. The number of benzene rings is 1. The molecule has 0 bridgehead atoms. The summed E-state index contributed by atoms with van der Waals surface area (Å²) in [6.45, 7) is 12.4. The van der Waals surface area contributed by atoms with Crippen molar-refractivity contribution in [3.63, 3.8) is 0 Å². The highest BCUT2D eigenvalue weighted by Crippen LogP contribution is 2.22. The zero-order chi connectivity index (χ0) is 16.0. The van der Waals surface area contributed by atoms with E-state index in [1.54, 1.807) is 0 Å². The Morgan fingerprint density at radius 2 is 1.71 bits per heavy atom. The summed E-state index contributed by atoms with van der Waals surface area (Å²) in [4.78, 5) is 2.45. The van der Waals surface area contributed by atoms with Crippen molar-refractivity contribution in [2.24, 2.45) is 5.92 Å². The van der Waals surface area contributed by atoms with Crippen molar-refractivity contribution in [3.8, 4) is 0 Å². The predicted molar refractivity (Wildman–Crippen MR) is 93.8 cm³/mol. The maximum absolute atomic E-state index is 3.46. The second-order valence-corrected chi connectivity index (χ2v) is 7.23. The summed E-state index contributed by atoms with van der Waals surface area (Å²) in [7, 11) is 4.28. The van der Waals surface area contributed by atoms with Crippen molar-refractivity contribution in [2.75, 3.05) is 20.6 Å². The Balaban J connectivity index is 2.76. The first kappa shape index (κ1) is 18.2. The predicted octanol–water partition coefficient (Wildman–Crippen LogP) is 4.27. The monoisotopic (exact) mass is 290 g/mol. The van der Waals surface area contributed by atoms with Crippen molar-refractivity contribution >= 4 is 0 Å². The maximum atomic E-state index is 3.46. The molecule has 2 nitrogen and oxygen atoms in total. The molecule has 120 valence electrons. The lowest BCUT2D eigenvalue weighted by molar-refractivity contribution is 0.137. The van der Waals surface area contributed by atoms with Crippen LogP contribution in [0.2, 0.25) is 0 Å². The van der Waals surface area contributed by atoms with E-state index in [1.165, 1.54) is 11.1 Å². The number of rotatable bonds is 8. The fraction of sp³-hybridized carbons (Fsp3) is 0.684. The molecule has 1 N–H and O–H groups in total. The zero-order valence-corrected chi connectivity index (χ0v) is 15.0. The van der Waals surface area contributed by atoms with Gasteiger partial charge in [-0.3, -0.25) is 4.90 Å². The Morgan fingerprint density at radius 1 is 1.14 bits per heavy atom. The maximum Gasteiger partial charge on any atom is 0.0446 e. The van der Waals surface area contributed by atoms with Gasteiger partial charge in [-0.2, -0.15) is 0 Å². The lowest BCUT2D eigenvalue weighted by Crippen LogP contribution is -2.44. The van der Waals surface area contributed by atoms with Crippen LogP contribution in [0.15, 0.2) is 24.3 Å². The van der Waals surface area contributed by atoms with Crippen molar-refractivity contribution in [1.29, 1.82) is 0 Å². The van der Waals surface area contributed by atoms with E-state index in [-0.39, 0.29) is 5.54 Å². The standard InChI is InChI=1S/C19H34N2/c1-8-19(4,5)21(7)14-18(20-6)17-11-9-16(10-12-17)13-15(2)3/h9-12,15,18,20H,8,13-14H2,1-7H3. The van der Waals surface area contributed by atoms with Crippen molar-refractivity contribution in [3.05, 3.63) is 35.4 Å². The van der Waals surface area contributed by atoms with Gasteiger partial charge in [0.25, 0.3) is 0 Å². The van der Waals surface area contributed by atoms with Gasteiger partial charge in [-0.25, -0.2) is 0 Å². The van der Waals surface area contributed by atoms with Crippen molar-refractivity contribution in [1.82, 2.24) is 10.2 Å². The number of hydrogen-bond acceptors (Lipinski definition) is 2. The van der Waals surface area contributed by atoms with Gasteiger partial charge < -0.3 is 5.32 Å². The molecule has 0 spiro atoms. The van der Waals surface area contributed by atoms with Gasteiger partial charge in [0.05, 0.1) is 0 Å². The molecule has 0 saturated heterocycles. The molecule has 21 heavy (non-hydrogen) atoms. The number of hydrogen-bond donors (Lipinski definition) is 1. The van der Waals surface area contributed by atoms with Crippen LogP contribution in [-0.4, -0.2) is 31.1 Å². The van der Waals surface area contributed by atoms with Gasteiger partial charge >= 0.3 is 0 Å². The molecule has 1 aromatic rings. The zero-order valence-electron chi connectivity index (χ0n) is 15.0. The highest BCUT2D eigenvalue weighted by atomic mass is 15.2. The molecule has 0 radical (unpaired) electrons. The molecule has 0 aromatic heterocycles. The van der Waals surface area contributed by atoms with E-state index >= 15 is 0 Å². The van der Waals surface area contributed by atoms with E-state index in [2.05, 4.69) is 83.2 Å². The van der Waals surface area contributed by atoms with Crippen LogP contribution in [0, 0.1) is 5.92 Å². The fourth-order valence-corrected chi connectivity index (χ4v) is 2.51. The molecule has 1 rings (SSSR count). The van der Waals surface area contributed by atoms with Gasteiger partial charge in [0.2, 0.25) is 0 Å². The van der Waals surface area contributed by atoms with Crippen LogP contribution >= 0.6 is 0 Å². The average Bonchev–Trinajstić information content (AvgIpc) is 2.44. The van der Waals surface area contributed by atoms with Crippen LogP contribution in [-0.2, 0) is 6.42 Å². The van der Waals surface area contributed by atoms with Crippen molar-refractivity contribution < 1.29 is 0 Å². The highest BCUT2D eigenvalue weighted by Gasteiger charge is 2.23. The Hall–Kier alpha value is -0.860. The SMILES string of the molecule is CCC(C)(C)N(C)CC(NC)c1ccc(CC(C)C)cc1. The molecule has 0 fully saturated rings. The summed E-state index contributed by atoms with van der Waals surface area (Å²) in [5.74, 6) is 0.715. The number of nitrogens with one attached hydrogen (secondary N) is 1. The molecule has 0 aliphatic carbocycles. The third kappa shape index (κ3) is 5.44. The number of likely N-dealkylation sites (N-methyl/N-ethyl adjacent to an activating group) is 2. The van der Waals surface area contributed by atoms with Crippen LogP contribution in [0.1, 0.15) is 58.2 Å². The molecule has 1 aromatic carbocycles. The first-order valence-electron chi connectivity index (χ1n) is 8.27. The van der Waals surface area contributed by atoms with Gasteiger partial charge in [0, 0.05) is 18.1 Å². The molecule has 0 aliphatic heterocycles. The molecule has 0 heterocycles. The summed E-state index contributed by atoms with van der Waals surface area (Å²) in [6, 6.07) is 9.51. The quantitative estimate of drug-likeness (QED) is 0.769. The Morgan fingerprint density at radius 3 is 2.14 bits per heavy atom. The summed E-state index contributed by atoms with van der Waals surface area (Å²) in [5.41, 5.74) is 3.06. The molecule has 0 saturated carbocycles. The Labute approximate surface area is 131 Å². The van der Waals surface area contributed by atoms with Crippen LogP contribution in [0.3, 0.4) is 0 Å². The minimum atomic E-state index is 0.243. The third-order valence-electron chi connectivity index (χ3n) is 4.73. The first-order chi connectivity index (χ1) is 9.80. The normalized spacial score (nSPS) is 14.0. The van der Waals surface area contributed by atoms with E-state index in [0.29, 0.717) is 12.0 Å². The van der Waals surface area contributed by atoms with E-state index in [9.17, 15) is 0 Å². The molecule has 0 aliphatic rings. The molecule has 1 atom stereocenters. The smallest absolute Gasteiger partial charge is 0.0446 e. The van der Waals surface area contributed by atoms with Crippen molar-refractivity contribution in [2.45, 2.75) is 59.0 Å². The van der Waals surface area contributed by atoms with Crippen LogP contribution in [0.25, 0.3) is 0 Å². The topological polar surface area (TPSA) is 15.3 Å². The summed E-state index contributed by atoms with van der Waals surface area (Å²) >= 11 is 0. The third-order valence-corrected chi connectivity index (χ3v) is 4.73. The summed E-state index contributed by atoms with van der Waals surface area (Å²) < 4.78 is 0. The van der Waals surface area contributed by atoms with E-state index in [0.717, 1.165) is 19.4 Å².